The van der Waals surface area contributed by atoms with Gasteiger partial charge in [0.2, 0.25) is 0 Å². The lowest BCUT2D eigenvalue weighted by Gasteiger charge is -2.20. The third-order valence-corrected chi connectivity index (χ3v) is 6.70. The van der Waals surface area contributed by atoms with Crippen molar-refractivity contribution in [3.63, 3.8) is 0 Å². The van der Waals surface area contributed by atoms with Crippen LogP contribution in [0.1, 0.15) is 50.2 Å². The highest BCUT2D eigenvalue weighted by molar-refractivity contribution is 7.96. The molecule has 3 rings (SSSR count). The van der Waals surface area contributed by atoms with Crippen molar-refractivity contribution < 1.29 is 0 Å². The minimum atomic E-state index is 0.391. The summed E-state index contributed by atoms with van der Waals surface area (Å²) in [6, 6.07) is 6.51. The third-order valence-electron chi connectivity index (χ3n) is 6.21. The summed E-state index contributed by atoms with van der Waals surface area (Å²) in [5.74, 6) is 0.787. The van der Waals surface area contributed by atoms with Crippen LogP contribution in [0.5, 0.6) is 0 Å². The van der Waals surface area contributed by atoms with Crippen LogP contribution in [0.2, 0.25) is 0 Å². The Bertz CT molecular complexity index is 1040. The van der Waals surface area contributed by atoms with Crippen LogP contribution >= 0.6 is 11.9 Å². The molecule has 6 N–H and O–H groups in total. The van der Waals surface area contributed by atoms with Gasteiger partial charge in [-0.15, -0.1) is 0 Å². The SMILES string of the molecule is CCCCN=C(CC1C=CC(CNC)=CC1)c1c(N)c(N)nc2cc(CCCNSC)ccc12. The summed E-state index contributed by atoms with van der Waals surface area (Å²) in [5, 5.41) is 4.27. The number of aliphatic imine (C=N–C) groups is 1. The molecule has 0 bridgehead atoms. The van der Waals surface area contributed by atoms with E-state index in [1.807, 2.05) is 7.05 Å². The molecule has 0 aliphatic heterocycles. The van der Waals surface area contributed by atoms with Crippen molar-refractivity contribution >= 4 is 40.1 Å². The van der Waals surface area contributed by atoms with Gasteiger partial charge in [-0.1, -0.05) is 55.7 Å². The van der Waals surface area contributed by atoms with Gasteiger partial charge in [0.25, 0.3) is 0 Å². The van der Waals surface area contributed by atoms with E-state index in [1.165, 1.54) is 11.1 Å². The van der Waals surface area contributed by atoms with Gasteiger partial charge in [-0.3, -0.25) is 9.71 Å². The van der Waals surface area contributed by atoms with Gasteiger partial charge < -0.3 is 16.8 Å². The van der Waals surface area contributed by atoms with Crippen LogP contribution in [0, 0.1) is 5.92 Å². The van der Waals surface area contributed by atoms with Gasteiger partial charge in [-0.2, -0.15) is 0 Å². The van der Waals surface area contributed by atoms with E-state index in [0.29, 0.717) is 17.4 Å². The second kappa shape index (κ2) is 13.5. The Labute approximate surface area is 208 Å². The molecule has 0 spiro atoms. The van der Waals surface area contributed by atoms with Crippen molar-refractivity contribution in [1.82, 2.24) is 15.0 Å². The number of benzene rings is 1. The highest BCUT2D eigenvalue weighted by Gasteiger charge is 2.20. The van der Waals surface area contributed by atoms with Crippen LogP contribution in [-0.2, 0) is 6.42 Å². The second-order valence-corrected chi connectivity index (χ2v) is 9.59. The summed E-state index contributed by atoms with van der Waals surface area (Å²) in [6.45, 7) is 4.87. The summed E-state index contributed by atoms with van der Waals surface area (Å²) in [6.07, 6.45) is 15.0. The van der Waals surface area contributed by atoms with Gasteiger partial charge in [-0.05, 0) is 68.5 Å². The number of hydrogen-bond acceptors (Lipinski definition) is 7. The zero-order chi connectivity index (χ0) is 24.3. The van der Waals surface area contributed by atoms with Gasteiger partial charge in [0.05, 0.1) is 11.2 Å². The summed E-state index contributed by atoms with van der Waals surface area (Å²) < 4.78 is 3.30. The maximum absolute atomic E-state index is 6.56. The van der Waals surface area contributed by atoms with Crippen LogP contribution in [0.15, 0.2) is 47.0 Å². The number of nitrogens with two attached hydrogens (primary N) is 2. The number of fused-ring (bicyclic) bond motifs is 1. The fourth-order valence-electron chi connectivity index (χ4n) is 4.34. The first kappa shape index (κ1) is 26.3. The van der Waals surface area contributed by atoms with Gasteiger partial charge in [-0.25, -0.2) is 4.98 Å². The molecule has 6 nitrogen and oxygen atoms in total. The number of unbranched alkanes of at least 4 members (excludes halogenated alkanes) is 1. The summed E-state index contributed by atoms with van der Waals surface area (Å²) in [5.41, 5.74) is 18.9. The molecular formula is C27H40N6S. The molecule has 1 unspecified atom stereocenters. The van der Waals surface area contributed by atoms with Crippen molar-refractivity contribution in [1.29, 1.82) is 0 Å². The third kappa shape index (κ3) is 7.08. The van der Waals surface area contributed by atoms with Crippen LogP contribution in [0.3, 0.4) is 0 Å². The number of likely N-dealkylation sites (N-methyl/N-ethyl adjacent to an activating group) is 1. The first-order chi connectivity index (χ1) is 16.6. The van der Waals surface area contributed by atoms with Gasteiger partial charge in [0.15, 0.2) is 0 Å². The van der Waals surface area contributed by atoms with Gasteiger partial charge >= 0.3 is 0 Å². The number of nitrogens with one attached hydrogen (secondary N) is 2. The molecule has 7 heteroatoms. The normalized spacial score (nSPS) is 16.3. The number of nitrogen functional groups attached to an aromatic ring is 2. The molecule has 2 aromatic rings. The quantitative estimate of drug-likeness (QED) is 0.185. The fourth-order valence-corrected chi connectivity index (χ4v) is 4.69. The predicted molar refractivity (Wildman–Crippen MR) is 151 cm³/mol. The Hall–Kier alpha value is -2.35. The lowest BCUT2D eigenvalue weighted by Crippen LogP contribution is -2.16. The van der Waals surface area contributed by atoms with Crippen LogP contribution in [0.25, 0.3) is 10.9 Å². The first-order valence-electron chi connectivity index (χ1n) is 12.4. The molecular weight excluding hydrogens is 440 g/mol. The molecule has 0 saturated carbocycles. The molecule has 0 radical (unpaired) electrons. The molecule has 0 amide bonds. The predicted octanol–water partition coefficient (Wildman–Crippen LogP) is 4.90. The van der Waals surface area contributed by atoms with E-state index < -0.39 is 0 Å². The van der Waals surface area contributed by atoms with E-state index in [1.54, 1.807) is 11.9 Å². The van der Waals surface area contributed by atoms with Gasteiger partial charge in [0.1, 0.15) is 5.82 Å². The molecule has 1 aromatic heterocycles. The lowest BCUT2D eigenvalue weighted by atomic mass is 9.88. The number of rotatable bonds is 13. The first-order valence-corrected chi connectivity index (χ1v) is 13.6. The highest BCUT2D eigenvalue weighted by Crippen LogP contribution is 2.32. The number of nitrogens with zero attached hydrogens (tertiary/aromatic N) is 2. The minimum absolute atomic E-state index is 0.391. The molecule has 1 aliphatic rings. The van der Waals surface area contributed by atoms with Gasteiger partial charge in [0, 0.05) is 36.3 Å². The average molecular weight is 481 g/mol. The largest absolute Gasteiger partial charge is 0.395 e. The highest BCUT2D eigenvalue weighted by atomic mass is 32.2. The van der Waals surface area contributed by atoms with Crippen molar-refractivity contribution in [3.8, 4) is 0 Å². The number of pyridine rings is 1. The van der Waals surface area contributed by atoms with Crippen molar-refractivity contribution in [2.24, 2.45) is 10.9 Å². The zero-order valence-corrected chi connectivity index (χ0v) is 21.7. The summed E-state index contributed by atoms with van der Waals surface area (Å²) in [4.78, 5) is 9.70. The maximum Gasteiger partial charge on any atom is 0.148 e. The Morgan fingerprint density at radius 1 is 1.26 bits per heavy atom. The maximum atomic E-state index is 6.56. The number of aromatic nitrogens is 1. The van der Waals surface area contributed by atoms with Crippen LogP contribution in [0.4, 0.5) is 11.5 Å². The van der Waals surface area contributed by atoms with E-state index in [2.05, 4.69) is 64.6 Å². The molecule has 184 valence electrons. The molecule has 0 saturated heterocycles. The van der Waals surface area contributed by atoms with Crippen LogP contribution in [-0.4, -0.2) is 43.6 Å². The Kier molecular flexibility index (Phi) is 10.4. The average Bonchev–Trinajstić information content (AvgIpc) is 2.84. The molecule has 1 aliphatic carbocycles. The van der Waals surface area contributed by atoms with E-state index in [0.717, 1.165) is 80.3 Å². The Morgan fingerprint density at radius 2 is 2.12 bits per heavy atom. The van der Waals surface area contributed by atoms with E-state index in [4.69, 9.17) is 16.5 Å². The van der Waals surface area contributed by atoms with Crippen molar-refractivity contribution in [3.05, 3.63) is 53.1 Å². The number of anilines is 2. The zero-order valence-electron chi connectivity index (χ0n) is 20.9. The van der Waals surface area contributed by atoms with E-state index >= 15 is 0 Å². The van der Waals surface area contributed by atoms with Crippen LogP contribution < -0.4 is 21.5 Å². The second-order valence-electron chi connectivity index (χ2n) is 8.89. The fraction of sp³-hybridized carbons (Fsp3) is 0.481. The molecule has 1 atom stereocenters. The topological polar surface area (TPSA) is 101 Å². The molecule has 1 heterocycles. The monoisotopic (exact) mass is 480 g/mol. The lowest BCUT2D eigenvalue weighted by molar-refractivity contribution is 0.675. The van der Waals surface area contributed by atoms with Crippen molar-refractivity contribution in [2.45, 2.75) is 45.4 Å². The smallest absolute Gasteiger partial charge is 0.148 e. The standard InChI is InChI=1S/C27H40N6S/c1-4-5-14-31-24(17-20-8-10-21(11-9-20)18-30-2)25-22-13-12-19(7-6-15-32-34-3)16-23(22)33-27(29)26(25)28/h8,10-13,16,20,30,32H,4-7,9,14-15,17-18,28H2,1-3H3,(H2,29,33). The van der Waals surface area contributed by atoms with E-state index in [9.17, 15) is 0 Å². The molecule has 1 aromatic carbocycles. The summed E-state index contributed by atoms with van der Waals surface area (Å²) >= 11 is 1.66. The number of hydrogen-bond donors (Lipinski definition) is 4. The number of allylic oxidation sites excluding steroid dienone is 2. The number of aryl methyl sites for hydroxylation is 1. The Morgan fingerprint density at radius 3 is 2.82 bits per heavy atom. The van der Waals surface area contributed by atoms with E-state index in [-0.39, 0.29) is 0 Å². The summed E-state index contributed by atoms with van der Waals surface area (Å²) in [7, 11) is 1.98. The molecule has 34 heavy (non-hydrogen) atoms. The molecule has 0 fully saturated rings. The Balaban J connectivity index is 1.92. The van der Waals surface area contributed by atoms with Crippen molar-refractivity contribution in [2.75, 3.05) is 44.4 Å². The minimum Gasteiger partial charge on any atom is -0.395 e.